The predicted octanol–water partition coefficient (Wildman–Crippen LogP) is 5.99. The monoisotopic (exact) mass is 400 g/mol. The highest BCUT2D eigenvalue weighted by molar-refractivity contribution is 7.99. The molecule has 0 bridgehead atoms. The Morgan fingerprint density at radius 3 is 2.35 bits per heavy atom. The summed E-state index contributed by atoms with van der Waals surface area (Å²) in [6, 6.07) is 20.3. The van der Waals surface area contributed by atoms with Gasteiger partial charge in [-0.2, -0.15) is 0 Å². The van der Waals surface area contributed by atoms with Gasteiger partial charge in [0, 0.05) is 20.9 Å². The number of fused-ring (bicyclic) bond motifs is 1. The van der Waals surface area contributed by atoms with Crippen LogP contribution in [0.25, 0.3) is 10.9 Å². The highest BCUT2D eigenvalue weighted by atomic mass is 35.5. The second-order valence-corrected chi connectivity index (χ2v) is 6.85. The molecule has 0 radical (unpaired) electrons. The van der Waals surface area contributed by atoms with Crippen molar-refractivity contribution in [3.05, 3.63) is 78.3 Å². The van der Waals surface area contributed by atoms with E-state index in [0.717, 1.165) is 16.6 Å². The van der Waals surface area contributed by atoms with Crippen LogP contribution in [-0.2, 0) is 0 Å². The molecule has 7 heteroatoms. The van der Waals surface area contributed by atoms with Crippen molar-refractivity contribution >= 4 is 58.2 Å². The van der Waals surface area contributed by atoms with Gasteiger partial charge in [0.15, 0.2) is 0 Å². The molecule has 0 aliphatic rings. The van der Waals surface area contributed by atoms with Gasteiger partial charge < -0.3 is 5.32 Å². The summed E-state index contributed by atoms with van der Waals surface area (Å²) in [5.41, 5.74) is 1.70. The van der Waals surface area contributed by atoms with E-state index in [9.17, 15) is 0 Å². The fourth-order valence-electron chi connectivity index (χ4n) is 2.40. The maximum absolute atomic E-state index is 5.99. The molecule has 4 aromatic rings. The van der Waals surface area contributed by atoms with Crippen molar-refractivity contribution in [3.8, 4) is 0 Å². The molecule has 1 N–H and O–H groups in total. The Kier molecular flexibility index (Phi) is 5.93. The zero-order chi connectivity index (χ0) is 17.1. The molecule has 2 aromatic heterocycles. The molecule has 0 aliphatic heterocycles. The Balaban J connectivity index is 0.00000196. The van der Waals surface area contributed by atoms with E-state index < -0.39 is 0 Å². The molecule has 26 heavy (non-hydrogen) atoms. The van der Waals surface area contributed by atoms with Crippen molar-refractivity contribution in [2.45, 2.75) is 9.79 Å². The third-order valence-electron chi connectivity index (χ3n) is 3.58. The second kappa shape index (κ2) is 8.36. The molecule has 0 aliphatic carbocycles. The van der Waals surface area contributed by atoms with Gasteiger partial charge in [0.1, 0.15) is 17.3 Å². The molecule has 2 heterocycles. The lowest BCUT2D eigenvalue weighted by molar-refractivity contribution is 1.20. The minimum Gasteiger partial charge on any atom is -0.340 e. The lowest BCUT2D eigenvalue weighted by Crippen LogP contribution is -1.96. The molecular formula is C19H14Cl2N4S. The van der Waals surface area contributed by atoms with E-state index in [2.05, 4.69) is 44.5 Å². The Labute approximate surface area is 166 Å². The first-order valence-corrected chi connectivity index (χ1v) is 8.84. The lowest BCUT2D eigenvalue weighted by Gasteiger charge is -2.09. The number of rotatable bonds is 4. The van der Waals surface area contributed by atoms with Gasteiger partial charge >= 0.3 is 0 Å². The molecule has 0 amide bonds. The molecule has 0 unspecified atom stereocenters. The van der Waals surface area contributed by atoms with Crippen LogP contribution in [0.15, 0.2) is 83.0 Å². The van der Waals surface area contributed by atoms with Crippen LogP contribution < -0.4 is 5.32 Å². The van der Waals surface area contributed by atoms with E-state index in [1.807, 2.05) is 30.3 Å². The lowest BCUT2D eigenvalue weighted by atomic mass is 10.2. The number of halogens is 2. The number of benzene rings is 2. The van der Waals surface area contributed by atoms with E-state index >= 15 is 0 Å². The molecule has 0 spiro atoms. The van der Waals surface area contributed by atoms with E-state index in [0.29, 0.717) is 11.0 Å². The minimum absolute atomic E-state index is 0. The van der Waals surface area contributed by atoms with Crippen LogP contribution >= 0.6 is 35.8 Å². The molecular weight excluding hydrogens is 387 g/mol. The number of anilines is 2. The summed E-state index contributed by atoms with van der Waals surface area (Å²) in [7, 11) is 0. The number of pyridine rings is 1. The number of nitrogens with one attached hydrogen (secondary N) is 1. The molecule has 0 saturated carbocycles. The summed E-state index contributed by atoms with van der Waals surface area (Å²) in [4.78, 5) is 15.0. The summed E-state index contributed by atoms with van der Waals surface area (Å²) in [5, 5.41) is 4.57. The fraction of sp³-hybridized carbons (Fsp3) is 0. The number of hydrogen-bond donors (Lipinski definition) is 1. The topological polar surface area (TPSA) is 50.7 Å². The Bertz CT molecular complexity index is 1010. The molecule has 0 saturated heterocycles. The first-order valence-electron chi connectivity index (χ1n) is 7.64. The number of aromatic nitrogens is 3. The van der Waals surface area contributed by atoms with Gasteiger partial charge in [0.05, 0.1) is 11.7 Å². The normalized spacial score (nSPS) is 10.3. The van der Waals surface area contributed by atoms with E-state index in [1.54, 1.807) is 24.0 Å². The minimum atomic E-state index is 0. The third-order valence-corrected chi connectivity index (χ3v) is 4.81. The molecule has 2 aromatic carbocycles. The maximum Gasteiger partial charge on any atom is 0.141 e. The Hall–Kier alpha value is -2.34. The van der Waals surface area contributed by atoms with Crippen molar-refractivity contribution in [2.24, 2.45) is 0 Å². The van der Waals surface area contributed by atoms with Crippen molar-refractivity contribution in [1.82, 2.24) is 15.0 Å². The second-order valence-electron chi connectivity index (χ2n) is 5.31. The van der Waals surface area contributed by atoms with Gasteiger partial charge in [-0.1, -0.05) is 41.6 Å². The summed E-state index contributed by atoms with van der Waals surface area (Å²) >= 11 is 7.72. The van der Waals surface area contributed by atoms with Crippen molar-refractivity contribution in [2.75, 3.05) is 5.32 Å². The summed E-state index contributed by atoms with van der Waals surface area (Å²) < 4.78 is 0. The fourth-order valence-corrected chi connectivity index (χ4v) is 3.40. The quantitative estimate of drug-likeness (QED) is 0.426. The zero-order valence-electron chi connectivity index (χ0n) is 13.5. The largest absolute Gasteiger partial charge is 0.340 e. The average molecular weight is 401 g/mol. The van der Waals surface area contributed by atoms with E-state index in [1.165, 1.54) is 16.1 Å². The highest BCUT2D eigenvalue weighted by Crippen LogP contribution is 2.29. The van der Waals surface area contributed by atoms with Gasteiger partial charge in [0.25, 0.3) is 0 Å². The van der Waals surface area contributed by atoms with Crippen molar-refractivity contribution < 1.29 is 0 Å². The zero-order valence-corrected chi connectivity index (χ0v) is 15.9. The number of nitrogens with zero attached hydrogens (tertiary/aromatic N) is 3. The summed E-state index contributed by atoms with van der Waals surface area (Å²) in [6.45, 7) is 0. The standard InChI is InChI=1S/C19H13ClN4S.ClH/c20-18-10-16-17(11-21-18)22-12-23-19(16)24-13-6-8-15(9-7-13)25-14-4-2-1-3-5-14;/h1-12H,(H,22,23,24);1H. The van der Waals surface area contributed by atoms with Crippen LogP contribution in [0.5, 0.6) is 0 Å². The predicted molar refractivity (Wildman–Crippen MR) is 110 cm³/mol. The van der Waals surface area contributed by atoms with Crippen LogP contribution in [0.2, 0.25) is 5.15 Å². The van der Waals surface area contributed by atoms with Crippen molar-refractivity contribution in [1.29, 1.82) is 0 Å². The average Bonchev–Trinajstić information content (AvgIpc) is 2.65. The van der Waals surface area contributed by atoms with Crippen LogP contribution in [0.1, 0.15) is 0 Å². The molecule has 4 nitrogen and oxygen atoms in total. The summed E-state index contributed by atoms with van der Waals surface area (Å²) in [5.74, 6) is 0.706. The molecule has 4 rings (SSSR count). The van der Waals surface area contributed by atoms with Crippen LogP contribution in [0, 0.1) is 0 Å². The first-order chi connectivity index (χ1) is 12.3. The Morgan fingerprint density at radius 1 is 0.846 bits per heavy atom. The van der Waals surface area contributed by atoms with Crippen LogP contribution in [-0.4, -0.2) is 15.0 Å². The smallest absolute Gasteiger partial charge is 0.141 e. The third kappa shape index (κ3) is 4.25. The SMILES string of the molecule is Cl.Clc1cc2c(Nc3ccc(Sc4ccccc4)cc3)ncnc2cn1. The van der Waals surface area contributed by atoms with Crippen molar-refractivity contribution in [3.63, 3.8) is 0 Å². The van der Waals surface area contributed by atoms with Crippen LogP contribution in [0.4, 0.5) is 11.5 Å². The van der Waals surface area contributed by atoms with Gasteiger partial charge in [-0.05, 0) is 42.5 Å². The first kappa shape index (κ1) is 18.5. The highest BCUT2D eigenvalue weighted by Gasteiger charge is 2.06. The molecule has 130 valence electrons. The van der Waals surface area contributed by atoms with Crippen LogP contribution in [0.3, 0.4) is 0 Å². The molecule has 0 atom stereocenters. The van der Waals surface area contributed by atoms with Gasteiger partial charge in [-0.3, -0.25) is 0 Å². The van der Waals surface area contributed by atoms with Gasteiger partial charge in [-0.25, -0.2) is 15.0 Å². The van der Waals surface area contributed by atoms with E-state index in [4.69, 9.17) is 11.6 Å². The molecule has 0 fully saturated rings. The Morgan fingerprint density at radius 2 is 1.58 bits per heavy atom. The van der Waals surface area contributed by atoms with E-state index in [-0.39, 0.29) is 12.4 Å². The maximum atomic E-state index is 5.99. The van der Waals surface area contributed by atoms with Gasteiger partial charge in [-0.15, -0.1) is 12.4 Å². The number of hydrogen-bond acceptors (Lipinski definition) is 5. The summed E-state index contributed by atoms with van der Waals surface area (Å²) in [6.07, 6.45) is 3.16. The van der Waals surface area contributed by atoms with Gasteiger partial charge in [0.2, 0.25) is 0 Å².